The molecule has 1 aromatic rings. The van der Waals surface area contributed by atoms with Crippen molar-refractivity contribution in [2.24, 2.45) is 0 Å². The molecule has 2 atom stereocenters. The molecule has 0 spiro atoms. The monoisotopic (exact) mass is 251 g/mol. The van der Waals surface area contributed by atoms with Gasteiger partial charge in [0.05, 0.1) is 11.7 Å². The quantitative estimate of drug-likeness (QED) is 0.837. The molecule has 2 rings (SSSR count). The maximum atomic E-state index is 10.9. The third kappa shape index (κ3) is 2.72. The molecule has 2 heterocycles. The van der Waals surface area contributed by atoms with Gasteiger partial charge in [0.15, 0.2) is 0 Å². The minimum absolute atomic E-state index is 0.00998. The Labute approximate surface area is 107 Å². The molecule has 1 aromatic heterocycles. The first-order chi connectivity index (χ1) is 8.38. The molecule has 1 aliphatic heterocycles. The standard InChI is InChI=1S/C13H21N3O2/c1-13(2,3)16-8-10(7-15-16)9-4-5-11(12(17)18)14-6-9/h7-9,11,14H,4-6H2,1-3H3,(H,17,18). The number of aromatic nitrogens is 2. The Morgan fingerprint density at radius 2 is 2.22 bits per heavy atom. The minimum atomic E-state index is -0.751. The van der Waals surface area contributed by atoms with Gasteiger partial charge in [-0.2, -0.15) is 5.10 Å². The second-order valence-electron chi connectivity index (χ2n) is 5.96. The maximum Gasteiger partial charge on any atom is 0.320 e. The van der Waals surface area contributed by atoms with Crippen molar-refractivity contribution in [2.75, 3.05) is 6.54 Å². The van der Waals surface area contributed by atoms with E-state index in [1.54, 1.807) is 0 Å². The number of aliphatic carboxylic acids is 1. The fourth-order valence-electron chi connectivity index (χ4n) is 2.27. The summed E-state index contributed by atoms with van der Waals surface area (Å²) in [5.41, 5.74) is 1.19. The fourth-order valence-corrected chi connectivity index (χ4v) is 2.27. The number of rotatable bonds is 2. The smallest absolute Gasteiger partial charge is 0.320 e. The van der Waals surface area contributed by atoms with Gasteiger partial charge in [0, 0.05) is 12.7 Å². The van der Waals surface area contributed by atoms with Crippen molar-refractivity contribution in [1.29, 1.82) is 0 Å². The highest BCUT2D eigenvalue weighted by Crippen LogP contribution is 2.26. The van der Waals surface area contributed by atoms with Crippen molar-refractivity contribution in [3.63, 3.8) is 0 Å². The normalized spacial score (nSPS) is 25.1. The molecule has 5 heteroatoms. The van der Waals surface area contributed by atoms with Crippen molar-refractivity contribution in [1.82, 2.24) is 15.1 Å². The van der Waals surface area contributed by atoms with Crippen molar-refractivity contribution in [2.45, 2.75) is 51.1 Å². The van der Waals surface area contributed by atoms with Gasteiger partial charge in [-0.15, -0.1) is 0 Å². The number of carboxylic acid groups (broad SMARTS) is 1. The molecule has 2 unspecified atom stereocenters. The van der Waals surface area contributed by atoms with Crippen molar-refractivity contribution in [3.8, 4) is 0 Å². The Balaban J connectivity index is 2.02. The summed E-state index contributed by atoms with van der Waals surface area (Å²) >= 11 is 0. The highest BCUT2D eigenvalue weighted by Gasteiger charge is 2.27. The van der Waals surface area contributed by atoms with Gasteiger partial charge < -0.3 is 10.4 Å². The maximum absolute atomic E-state index is 10.9. The van der Waals surface area contributed by atoms with Gasteiger partial charge >= 0.3 is 5.97 Å². The van der Waals surface area contributed by atoms with E-state index in [0.717, 1.165) is 6.42 Å². The number of nitrogens with zero attached hydrogens (tertiary/aromatic N) is 2. The largest absolute Gasteiger partial charge is 0.480 e. The zero-order valence-electron chi connectivity index (χ0n) is 11.2. The molecule has 0 saturated carbocycles. The van der Waals surface area contributed by atoms with E-state index >= 15 is 0 Å². The molecule has 5 nitrogen and oxygen atoms in total. The lowest BCUT2D eigenvalue weighted by molar-refractivity contribution is -0.140. The van der Waals surface area contributed by atoms with Crippen molar-refractivity contribution in [3.05, 3.63) is 18.0 Å². The van der Waals surface area contributed by atoms with Crippen LogP contribution in [-0.2, 0) is 10.3 Å². The summed E-state index contributed by atoms with van der Waals surface area (Å²) < 4.78 is 1.96. The first-order valence-electron chi connectivity index (χ1n) is 6.39. The van der Waals surface area contributed by atoms with E-state index in [4.69, 9.17) is 5.11 Å². The van der Waals surface area contributed by atoms with Crippen LogP contribution in [0.2, 0.25) is 0 Å². The van der Waals surface area contributed by atoms with Crippen LogP contribution in [-0.4, -0.2) is 33.4 Å². The first-order valence-corrected chi connectivity index (χ1v) is 6.39. The Bertz CT molecular complexity index is 426. The van der Waals surface area contributed by atoms with Crippen LogP contribution in [0.4, 0.5) is 0 Å². The van der Waals surface area contributed by atoms with Gasteiger partial charge in [0.25, 0.3) is 0 Å². The van der Waals surface area contributed by atoms with Gasteiger partial charge in [-0.3, -0.25) is 9.48 Å². The van der Waals surface area contributed by atoms with E-state index in [0.29, 0.717) is 18.9 Å². The van der Waals surface area contributed by atoms with Crippen LogP contribution >= 0.6 is 0 Å². The SMILES string of the molecule is CC(C)(C)n1cc(C2CCC(C(=O)O)NC2)cn1. The van der Waals surface area contributed by atoms with E-state index < -0.39 is 5.97 Å². The van der Waals surface area contributed by atoms with E-state index in [9.17, 15) is 4.79 Å². The Morgan fingerprint density at radius 3 is 2.67 bits per heavy atom. The number of carbonyl (C=O) groups is 1. The fraction of sp³-hybridized carbons (Fsp3) is 0.692. The zero-order valence-corrected chi connectivity index (χ0v) is 11.2. The number of carboxylic acids is 1. The zero-order chi connectivity index (χ0) is 13.3. The molecule has 2 N–H and O–H groups in total. The summed E-state index contributed by atoms with van der Waals surface area (Å²) in [4.78, 5) is 10.9. The Morgan fingerprint density at radius 1 is 1.50 bits per heavy atom. The Hall–Kier alpha value is -1.36. The predicted octanol–water partition coefficient (Wildman–Crippen LogP) is 1.56. The summed E-state index contributed by atoms with van der Waals surface area (Å²) in [5, 5.41) is 16.4. The molecule has 18 heavy (non-hydrogen) atoms. The van der Waals surface area contributed by atoms with Gasteiger partial charge in [-0.25, -0.2) is 0 Å². The molecule has 1 saturated heterocycles. The molecule has 0 aromatic carbocycles. The van der Waals surface area contributed by atoms with E-state index in [1.165, 1.54) is 5.56 Å². The topological polar surface area (TPSA) is 67.2 Å². The number of nitrogens with one attached hydrogen (secondary N) is 1. The summed E-state index contributed by atoms with van der Waals surface area (Å²) in [5.74, 6) is -0.379. The molecule has 1 fully saturated rings. The second kappa shape index (κ2) is 4.72. The predicted molar refractivity (Wildman–Crippen MR) is 68.6 cm³/mol. The molecule has 0 radical (unpaired) electrons. The van der Waals surface area contributed by atoms with Crippen molar-refractivity contribution < 1.29 is 9.90 Å². The highest BCUT2D eigenvalue weighted by molar-refractivity contribution is 5.73. The highest BCUT2D eigenvalue weighted by atomic mass is 16.4. The van der Waals surface area contributed by atoms with E-state index in [1.807, 2.05) is 10.9 Å². The molecule has 0 aliphatic carbocycles. The summed E-state index contributed by atoms with van der Waals surface area (Å²) in [6.07, 6.45) is 5.56. The third-order valence-electron chi connectivity index (χ3n) is 3.47. The summed E-state index contributed by atoms with van der Waals surface area (Å²) in [6.45, 7) is 7.06. The molecule has 0 bridgehead atoms. The van der Waals surface area contributed by atoms with Crippen LogP contribution in [0, 0.1) is 0 Å². The lowest BCUT2D eigenvalue weighted by Crippen LogP contribution is -2.43. The minimum Gasteiger partial charge on any atom is -0.480 e. The lowest BCUT2D eigenvalue weighted by Gasteiger charge is -2.27. The van der Waals surface area contributed by atoms with E-state index in [-0.39, 0.29) is 11.6 Å². The number of hydrogen-bond donors (Lipinski definition) is 2. The van der Waals surface area contributed by atoms with Crippen LogP contribution in [0.5, 0.6) is 0 Å². The van der Waals surface area contributed by atoms with Gasteiger partial charge in [0.1, 0.15) is 6.04 Å². The first kappa shape index (κ1) is 13.1. The van der Waals surface area contributed by atoms with Gasteiger partial charge in [0.2, 0.25) is 0 Å². The lowest BCUT2D eigenvalue weighted by atomic mass is 9.90. The van der Waals surface area contributed by atoms with Crippen LogP contribution in [0.15, 0.2) is 12.4 Å². The van der Waals surface area contributed by atoms with E-state index in [2.05, 4.69) is 37.4 Å². The van der Waals surface area contributed by atoms with Crippen LogP contribution in [0.25, 0.3) is 0 Å². The van der Waals surface area contributed by atoms with Crippen LogP contribution in [0.3, 0.4) is 0 Å². The molecular weight excluding hydrogens is 230 g/mol. The van der Waals surface area contributed by atoms with Crippen molar-refractivity contribution >= 4 is 5.97 Å². The molecule has 100 valence electrons. The third-order valence-corrected chi connectivity index (χ3v) is 3.47. The summed E-state index contributed by atoms with van der Waals surface area (Å²) in [6, 6.07) is -0.390. The average Bonchev–Trinajstić information content (AvgIpc) is 2.78. The number of piperidine rings is 1. The molecule has 0 amide bonds. The number of hydrogen-bond acceptors (Lipinski definition) is 3. The van der Waals surface area contributed by atoms with Gasteiger partial charge in [-0.1, -0.05) is 0 Å². The molecule has 1 aliphatic rings. The second-order valence-corrected chi connectivity index (χ2v) is 5.96. The van der Waals surface area contributed by atoms with Crippen LogP contribution < -0.4 is 5.32 Å². The average molecular weight is 251 g/mol. The van der Waals surface area contributed by atoms with Crippen LogP contribution in [0.1, 0.15) is 45.1 Å². The van der Waals surface area contributed by atoms with Gasteiger partial charge in [-0.05, 0) is 45.1 Å². The Kier molecular flexibility index (Phi) is 3.43. The summed E-state index contributed by atoms with van der Waals surface area (Å²) in [7, 11) is 0. The molecular formula is C13H21N3O2.